The van der Waals surface area contributed by atoms with Gasteiger partial charge >= 0.3 is 6.09 Å². The van der Waals surface area contributed by atoms with E-state index in [1.54, 1.807) is 12.1 Å². The number of carbonyl (C=O) groups excluding carboxylic acids is 1. The highest BCUT2D eigenvalue weighted by Crippen LogP contribution is 2.26. The van der Waals surface area contributed by atoms with Crippen LogP contribution in [0.25, 0.3) is 0 Å². The lowest BCUT2D eigenvalue weighted by Gasteiger charge is -2.15. The molecule has 14 heavy (non-hydrogen) atoms. The molecule has 1 rings (SSSR count). The average Bonchev–Trinajstić information content (AvgIpc) is 2.20. The van der Waals surface area contributed by atoms with Gasteiger partial charge in [-0.15, -0.1) is 0 Å². The van der Waals surface area contributed by atoms with Gasteiger partial charge < -0.3 is 4.74 Å². The van der Waals surface area contributed by atoms with E-state index in [0.29, 0.717) is 15.7 Å². The van der Waals surface area contributed by atoms with Gasteiger partial charge in [-0.2, -0.15) is 0 Å². The molecule has 0 bridgehead atoms. The number of ether oxygens (including phenoxy) is 1. The van der Waals surface area contributed by atoms with Crippen LogP contribution in [0.1, 0.15) is 0 Å². The third-order valence-corrected chi connectivity index (χ3v) is 2.29. The van der Waals surface area contributed by atoms with Gasteiger partial charge in [0.2, 0.25) is 0 Å². The first-order chi connectivity index (χ1) is 6.56. The Hall–Kier alpha value is -0.970. The molecular formula is C8H8Cl2N2O2. The molecule has 76 valence electrons. The Kier molecular flexibility index (Phi) is 3.57. The molecule has 1 amide bonds. The third-order valence-electron chi connectivity index (χ3n) is 1.55. The Balaban J connectivity index is 2.96. The molecule has 0 atom stereocenters. The summed E-state index contributed by atoms with van der Waals surface area (Å²) >= 11 is 11.4. The second-order valence-corrected chi connectivity index (χ2v) is 3.25. The van der Waals surface area contributed by atoms with Crippen LogP contribution in [0.3, 0.4) is 0 Å². The number of rotatable bonds is 1. The number of benzene rings is 1. The van der Waals surface area contributed by atoms with Crippen LogP contribution in [0.5, 0.6) is 0 Å². The Morgan fingerprint density at radius 3 is 2.57 bits per heavy atom. The van der Waals surface area contributed by atoms with Crippen molar-refractivity contribution in [2.45, 2.75) is 0 Å². The Bertz CT molecular complexity index is 357. The molecule has 6 heteroatoms. The number of anilines is 1. The number of carbonyl (C=O) groups is 1. The normalized spacial score (nSPS) is 9.71. The van der Waals surface area contributed by atoms with Crippen LogP contribution in [0.15, 0.2) is 18.2 Å². The molecule has 4 nitrogen and oxygen atoms in total. The maximum absolute atomic E-state index is 11.0. The van der Waals surface area contributed by atoms with Crippen molar-refractivity contribution in [1.82, 2.24) is 0 Å². The number of amides is 1. The van der Waals surface area contributed by atoms with Crippen molar-refractivity contribution in [1.29, 1.82) is 0 Å². The van der Waals surface area contributed by atoms with Crippen LogP contribution in [-0.4, -0.2) is 13.2 Å². The second kappa shape index (κ2) is 4.50. The fourth-order valence-electron chi connectivity index (χ4n) is 0.839. The monoisotopic (exact) mass is 234 g/mol. The molecule has 0 radical (unpaired) electrons. The molecule has 0 saturated heterocycles. The molecule has 1 aromatic rings. The topological polar surface area (TPSA) is 55.6 Å². The van der Waals surface area contributed by atoms with E-state index < -0.39 is 6.09 Å². The van der Waals surface area contributed by atoms with Gasteiger partial charge in [-0.25, -0.2) is 15.6 Å². The van der Waals surface area contributed by atoms with Crippen molar-refractivity contribution in [3.05, 3.63) is 28.2 Å². The summed E-state index contributed by atoms with van der Waals surface area (Å²) in [5.41, 5.74) is 0.409. The van der Waals surface area contributed by atoms with Gasteiger partial charge in [0, 0.05) is 0 Å². The van der Waals surface area contributed by atoms with E-state index >= 15 is 0 Å². The number of nitrogens with two attached hydrogens (primary N) is 1. The van der Waals surface area contributed by atoms with Gasteiger partial charge in [-0.05, 0) is 18.2 Å². The summed E-state index contributed by atoms with van der Waals surface area (Å²) in [6.45, 7) is 0. The maximum atomic E-state index is 11.0. The number of methoxy groups -OCH3 is 1. The van der Waals surface area contributed by atoms with Gasteiger partial charge in [-0.3, -0.25) is 0 Å². The van der Waals surface area contributed by atoms with E-state index in [0.717, 1.165) is 5.01 Å². The first-order valence-electron chi connectivity index (χ1n) is 3.64. The molecule has 0 aliphatic heterocycles. The molecule has 2 N–H and O–H groups in total. The van der Waals surface area contributed by atoms with E-state index in [-0.39, 0.29) is 0 Å². The van der Waals surface area contributed by atoms with E-state index in [1.807, 2.05) is 0 Å². The van der Waals surface area contributed by atoms with E-state index in [9.17, 15) is 4.79 Å². The van der Waals surface area contributed by atoms with E-state index in [1.165, 1.54) is 13.2 Å². The fraction of sp³-hybridized carbons (Fsp3) is 0.125. The van der Waals surface area contributed by atoms with Crippen LogP contribution in [0.4, 0.5) is 10.5 Å². The lowest BCUT2D eigenvalue weighted by molar-refractivity contribution is 0.178. The predicted molar refractivity (Wildman–Crippen MR) is 55.5 cm³/mol. The SMILES string of the molecule is COC(=O)N(N)c1ccc(Cl)c(Cl)c1. The zero-order chi connectivity index (χ0) is 10.7. The van der Waals surface area contributed by atoms with E-state index in [2.05, 4.69) is 4.74 Å². The highest BCUT2D eigenvalue weighted by atomic mass is 35.5. The molecule has 0 heterocycles. The third kappa shape index (κ3) is 2.29. The predicted octanol–water partition coefficient (Wildman–Crippen LogP) is 2.44. The molecule has 0 saturated carbocycles. The van der Waals surface area contributed by atoms with Crippen molar-refractivity contribution in [3.63, 3.8) is 0 Å². The van der Waals surface area contributed by atoms with Crippen LogP contribution >= 0.6 is 23.2 Å². The van der Waals surface area contributed by atoms with E-state index in [4.69, 9.17) is 29.0 Å². The Morgan fingerprint density at radius 2 is 2.07 bits per heavy atom. The summed E-state index contributed by atoms with van der Waals surface area (Å²) in [5, 5.41) is 1.56. The molecule has 0 spiro atoms. The first kappa shape index (κ1) is 11.1. The Labute approximate surface area is 91.1 Å². The summed E-state index contributed by atoms with van der Waals surface area (Å²) in [6.07, 6.45) is -0.677. The van der Waals surface area contributed by atoms with Crippen LogP contribution < -0.4 is 10.9 Å². The minimum Gasteiger partial charge on any atom is -0.452 e. The van der Waals surface area contributed by atoms with Crippen LogP contribution in [-0.2, 0) is 4.74 Å². The minimum absolute atomic E-state index is 0.323. The van der Waals surface area contributed by atoms with Crippen molar-refractivity contribution >= 4 is 35.0 Å². The lowest BCUT2D eigenvalue weighted by Crippen LogP contribution is -2.37. The molecule has 1 aromatic carbocycles. The lowest BCUT2D eigenvalue weighted by atomic mass is 10.3. The average molecular weight is 235 g/mol. The van der Waals surface area contributed by atoms with Gasteiger partial charge in [-0.1, -0.05) is 23.2 Å². The van der Waals surface area contributed by atoms with Gasteiger partial charge in [0.05, 0.1) is 22.8 Å². The van der Waals surface area contributed by atoms with Crippen LogP contribution in [0.2, 0.25) is 10.0 Å². The molecule has 0 fully saturated rings. The standard InChI is InChI=1S/C8H8Cl2N2O2/c1-14-8(13)12(11)5-2-3-6(9)7(10)4-5/h2-4H,11H2,1H3. The highest BCUT2D eigenvalue weighted by molar-refractivity contribution is 6.42. The summed E-state index contributed by atoms with van der Waals surface area (Å²) in [7, 11) is 1.24. The minimum atomic E-state index is -0.677. The highest BCUT2D eigenvalue weighted by Gasteiger charge is 2.12. The molecule has 0 unspecified atom stereocenters. The van der Waals surface area contributed by atoms with Gasteiger partial charge in [0.15, 0.2) is 0 Å². The number of hydrazine groups is 1. The smallest absolute Gasteiger partial charge is 0.428 e. The van der Waals surface area contributed by atoms with Crippen molar-refractivity contribution in [3.8, 4) is 0 Å². The number of halogens is 2. The van der Waals surface area contributed by atoms with Crippen molar-refractivity contribution < 1.29 is 9.53 Å². The first-order valence-corrected chi connectivity index (χ1v) is 4.39. The summed E-state index contributed by atoms with van der Waals surface area (Å²) in [4.78, 5) is 11.0. The zero-order valence-electron chi connectivity index (χ0n) is 7.33. The second-order valence-electron chi connectivity index (χ2n) is 2.44. The Morgan fingerprint density at radius 1 is 1.43 bits per heavy atom. The van der Waals surface area contributed by atoms with Crippen molar-refractivity contribution in [2.75, 3.05) is 12.1 Å². The number of nitrogens with zero attached hydrogens (tertiary/aromatic N) is 1. The van der Waals surface area contributed by atoms with Gasteiger partial charge in [0.1, 0.15) is 0 Å². The molecule has 0 aliphatic rings. The quantitative estimate of drug-likeness (QED) is 0.462. The van der Waals surface area contributed by atoms with Crippen LogP contribution in [0, 0.1) is 0 Å². The summed E-state index contributed by atoms with van der Waals surface area (Å²) in [6, 6.07) is 4.58. The molecular weight excluding hydrogens is 227 g/mol. The number of hydrogen-bond acceptors (Lipinski definition) is 3. The van der Waals surface area contributed by atoms with Gasteiger partial charge in [0.25, 0.3) is 0 Å². The number of hydrogen-bond donors (Lipinski definition) is 1. The zero-order valence-corrected chi connectivity index (χ0v) is 8.84. The largest absolute Gasteiger partial charge is 0.452 e. The molecule has 0 aromatic heterocycles. The molecule has 0 aliphatic carbocycles. The summed E-state index contributed by atoms with van der Waals surface area (Å²) in [5.74, 6) is 5.43. The van der Waals surface area contributed by atoms with Crippen molar-refractivity contribution in [2.24, 2.45) is 5.84 Å². The summed E-state index contributed by atoms with van der Waals surface area (Å²) < 4.78 is 4.42. The fourth-order valence-corrected chi connectivity index (χ4v) is 1.13. The maximum Gasteiger partial charge on any atom is 0.428 e.